The van der Waals surface area contributed by atoms with Crippen molar-refractivity contribution >= 4 is 39.4 Å². The van der Waals surface area contributed by atoms with Gasteiger partial charge in [0, 0.05) is 10.7 Å². The summed E-state index contributed by atoms with van der Waals surface area (Å²) in [5.74, 6) is -0.528. The second-order valence-electron chi connectivity index (χ2n) is 7.30. The summed E-state index contributed by atoms with van der Waals surface area (Å²) in [7, 11) is -2.73. The molecule has 3 aromatic carbocycles. The van der Waals surface area contributed by atoms with Crippen LogP contribution in [0, 0.1) is 25.2 Å². The maximum atomic E-state index is 12.6. The van der Waals surface area contributed by atoms with E-state index in [1.807, 2.05) is 13.0 Å². The predicted octanol–water partition coefficient (Wildman–Crippen LogP) is 5.28. The SMILES string of the molecule is COc1cc(/C=C(\C#N)C(=O)Nc2cccc(Cl)c2C)ccc1OS(=O)(=O)c1ccc(C)cc1. The van der Waals surface area contributed by atoms with Gasteiger partial charge in [0.05, 0.1) is 7.11 Å². The molecule has 0 fully saturated rings. The molecule has 9 heteroatoms. The van der Waals surface area contributed by atoms with E-state index in [0.29, 0.717) is 21.8 Å². The van der Waals surface area contributed by atoms with Gasteiger partial charge in [-0.05, 0) is 67.4 Å². The first kappa shape index (κ1) is 24.8. The monoisotopic (exact) mass is 496 g/mol. The number of carbonyl (C=O) groups is 1. The molecule has 0 heterocycles. The first-order valence-electron chi connectivity index (χ1n) is 10.0. The minimum absolute atomic E-state index is 0.00359. The van der Waals surface area contributed by atoms with Gasteiger partial charge in [-0.3, -0.25) is 4.79 Å². The van der Waals surface area contributed by atoms with Crippen molar-refractivity contribution in [1.29, 1.82) is 5.26 Å². The molecule has 3 aromatic rings. The van der Waals surface area contributed by atoms with E-state index in [0.717, 1.165) is 5.56 Å². The number of benzene rings is 3. The average molecular weight is 497 g/mol. The molecule has 0 aromatic heterocycles. The Kier molecular flexibility index (Phi) is 7.61. The van der Waals surface area contributed by atoms with E-state index < -0.39 is 16.0 Å². The van der Waals surface area contributed by atoms with E-state index in [4.69, 9.17) is 20.5 Å². The first-order valence-corrected chi connectivity index (χ1v) is 11.8. The summed E-state index contributed by atoms with van der Waals surface area (Å²) in [4.78, 5) is 12.6. The van der Waals surface area contributed by atoms with Crippen LogP contribution < -0.4 is 14.2 Å². The quantitative estimate of drug-likeness (QED) is 0.271. The number of amides is 1. The molecular weight excluding hydrogens is 476 g/mol. The Morgan fingerprint density at radius 3 is 2.41 bits per heavy atom. The summed E-state index contributed by atoms with van der Waals surface area (Å²) in [6.45, 7) is 3.60. The predicted molar refractivity (Wildman–Crippen MR) is 130 cm³/mol. The Morgan fingerprint density at radius 2 is 1.76 bits per heavy atom. The Hall–Kier alpha value is -3.80. The third-order valence-electron chi connectivity index (χ3n) is 4.89. The van der Waals surface area contributed by atoms with Crippen molar-refractivity contribution in [3.8, 4) is 17.6 Å². The molecule has 7 nitrogen and oxygen atoms in total. The van der Waals surface area contributed by atoms with Crippen LogP contribution in [-0.2, 0) is 14.9 Å². The summed E-state index contributed by atoms with van der Waals surface area (Å²) in [5, 5.41) is 12.7. The summed E-state index contributed by atoms with van der Waals surface area (Å²) < 4.78 is 35.7. The maximum Gasteiger partial charge on any atom is 0.339 e. The van der Waals surface area contributed by atoms with E-state index >= 15 is 0 Å². The lowest BCUT2D eigenvalue weighted by molar-refractivity contribution is -0.112. The van der Waals surface area contributed by atoms with Gasteiger partial charge in [-0.2, -0.15) is 13.7 Å². The fourth-order valence-corrected chi connectivity index (χ4v) is 4.08. The molecule has 3 rings (SSSR count). The number of anilines is 1. The second kappa shape index (κ2) is 10.4. The van der Waals surface area contributed by atoms with Crippen LogP contribution in [0.15, 0.2) is 71.1 Å². The minimum atomic E-state index is -4.08. The number of nitrogens with zero attached hydrogens (tertiary/aromatic N) is 1. The van der Waals surface area contributed by atoms with E-state index in [2.05, 4.69) is 5.32 Å². The number of methoxy groups -OCH3 is 1. The van der Waals surface area contributed by atoms with Gasteiger partial charge in [0.2, 0.25) is 0 Å². The molecule has 0 unspecified atom stereocenters. The smallest absolute Gasteiger partial charge is 0.339 e. The number of aryl methyl sites for hydroxylation is 1. The largest absolute Gasteiger partial charge is 0.493 e. The van der Waals surface area contributed by atoms with Crippen LogP contribution in [-0.4, -0.2) is 21.4 Å². The summed E-state index contributed by atoms with van der Waals surface area (Å²) in [6.07, 6.45) is 1.36. The van der Waals surface area contributed by atoms with Crippen LogP contribution in [0.4, 0.5) is 5.69 Å². The molecule has 0 spiro atoms. The van der Waals surface area contributed by atoms with Crippen molar-refractivity contribution in [3.05, 3.63) is 87.9 Å². The van der Waals surface area contributed by atoms with Crippen LogP contribution in [0.5, 0.6) is 11.5 Å². The molecule has 0 saturated heterocycles. The van der Waals surface area contributed by atoms with E-state index in [1.54, 1.807) is 37.3 Å². The van der Waals surface area contributed by atoms with Crippen LogP contribution >= 0.6 is 11.6 Å². The van der Waals surface area contributed by atoms with Gasteiger partial charge in [0.15, 0.2) is 11.5 Å². The summed E-state index contributed by atoms with van der Waals surface area (Å²) >= 11 is 6.08. The van der Waals surface area contributed by atoms with Gasteiger partial charge >= 0.3 is 10.1 Å². The average Bonchev–Trinajstić information content (AvgIpc) is 2.81. The standard InChI is InChI=1S/C25H21ClN2O5S/c1-16-7-10-20(11-8-16)34(30,31)33-23-12-9-18(14-24(23)32-3)13-19(15-27)25(29)28-22-6-4-5-21(26)17(22)2/h4-14H,1-3H3,(H,28,29)/b19-13+. The molecular formula is C25H21ClN2O5S. The molecule has 0 aliphatic heterocycles. The molecule has 1 amide bonds. The molecule has 0 radical (unpaired) electrons. The highest BCUT2D eigenvalue weighted by molar-refractivity contribution is 7.87. The molecule has 0 aliphatic rings. The molecule has 1 N–H and O–H groups in total. The summed E-state index contributed by atoms with van der Waals surface area (Å²) in [6, 6.07) is 17.5. The Bertz CT molecular complexity index is 1410. The van der Waals surface area contributed by atoms with Gasteiger partial charge in [0.1, 0.15) is 16.5 Å². The van der Waals surface area contributed by atoms with Crippen LogP contribution in [0.3, 0.4) is 0 Å². The lowest BCUT2D eigenvalue weighted by Crippen LogP contribution is -2.14. The molecule has 0 bridgehead atoms. The van der Waals surface area contributed by atoms with Crippen molar-refractivity contribution in [3.63, 3.8) is 0 Å². The zero-order valence-corrected chi connectivity index (χ0v) is 20.2. The Balaban J connectivity index is 1.86. The Labute approximate surface area is 203 Å². The van der Waals surface area contributed by atoms with Crippen molar-refractivity contribution in [1.82, 2.24) is 0 Å². The second-order valence-corrected chi connectivity index (χ2v) is 9.25. The minimum Gasteiger partial charge on any atom is -0.493 e. The maximum absolute atomic E-state index is 12.6. The normalized spacial score (nSPS) is 11.4. The lowest BCUT2D eigenvalue weighted by Gasteiger charge is -2.12. The number of carbonyl (C=O) groups excluding carboxylic acids is 1. The van der Waals surface area contributed by atoms with Gasteiger partial charge < -0.3 is 14.2 Å². The zero-order valence-electron chi connectivity index (χ0n) is 18.6. The number of rotatable bonds is 7. The van der Waals surface area contributed by atoms with Gasteiger partial charge in [-0.15, -0.1) is 0 Å². The lowest BCUT2D eigenvalue weighted by atomic mass is 10.1. The number of hydrogen-bond donors (Lipinski definition) is 1. The van der Waals surface area contributed by atoms with E-state index in [9.17, 15) is 18.5 Å². The molecule has 0 saturated carbocycles. The van der Waals surface area contributed by atoms with Crippen molar-refractivity contribution < 1.29 is 22.1 Å². The van der Waals surface area contributed by atoms with Crippen LogP contribution in [0.2, 0.25) is 5.02 Å². The highest BCUT2D eigenvalue weighted by Crippen LogP contribution is 2.32. The number of nitriles is 1. The molecule has 0 aliphatic carbocycles. The molecule has 0 atom stereocenters. The van der Waals surface area contributed by atoms with Crippen LogP contribution in [0.1, 0.15) is 16.7 Å². The number of nitrogens with one attached hydrogen (secondary N) is 1. The highest BCUT2D eigenvalue weighted by atomic mass is 35.5. The topological polar surface area (TPSA) is 105 Å². The van der Waals surface area contributed by atoms with Gasteiger partial charge in [-0.25, -0.2) is 0 Å². The van der Waals surface area contributed by atoms with Gasteiger partial charge in [-0.1, -0.05) is 41.4 Å². The van der Waals surface area contributed by atoms with Crippen molar-refractivity contribution in [2.24, 2.45) is 0 Å². The fourth-order valence-electron chi connectivity index (χ4n) is 2.96. The Morgan fingerprint density at radius 1 is 1.06 bits per heavy atom. The van der Waals surface area contributed by atoms with Crippen molar-refractivity contribution in [2.45, 2.75) is 18.7 Å². The third-order valence-corrected chi connectivity index (χ3v) is 6.55. The van der Waals surface area contributed by atoms with E-state index in [1.165, 1.54) is 43.5 Å². The zero-order chi connectivity index (χ0) is 24.9. The van der Waals surface area contributed by atoms with Gasteiger partial charge in [0.25, 0.3) is 5.91 Å². The number of hydrogen-bond acceptors (Lipinski definition) is 6. The fraction of sp³-hybridized carbons (Fsp3) is 0.120. The molecule has 34 heavy (non-hydrogen) atoms. The first-order chi connectivity index (χ1) is 16.1. The number of halogens is 1. The number of ether oxygens (including phenoxy) is 1. The third kappa shape index (κ3) is 5.76. The summed E-state index contributed by atoms with van der Waals surface area (Å²) in [5.41, 5.74) is 2.35. The molecule has 174 valence electrons. The highest BCUT2D eigenvalue weighted by Gasteiger charge is 2.19. The van der Waals surface area contributed by atoms with Crippen LogP contribution in [0.25, 0.3) is 6.08 Å². The van der Waals surface area contributed by atoms with E-state index in [-0.39, 0.29) is 22.0 Å². The van der Waals surface area contributed by atoms with Crippen molar-refractivity contribution in [2.75, 3.05) is 12.4 Å².